The Hall–Kier alpha value is -1.57. The van der Waals surface area contributed by atoms with Gasteiger partial charge in [0, 0.05) is 6.42 Å². The third-order valence-corrected chi connectivity index (χ3v) is 5.55. The Balaban J connectivity index is 1.92. The molecule has 0 unspecified atom stereocenters. The number of aryl methyl sites for hydroxylation is 1. The monoisotopic (exact) mass is 369 g/mol. The van der Waals surface area contributed by atoms with Crippen LogP contribution in [-0.4, -0.2) is 4.57 Å². The average molecular weight is 370 g/mol. The van der Waals surface area contributed by atoms with Crippen LogP contribution in [0.5, 0.6) is 0 Å². The lowest BCUT2D eigenvalue weighted by molar-refractivity contribution is -0.704. The predicted molar refractivity (Wildman–Crippen MR) is 116 cm³/mol. The number of benzene rings is 1. The van der Waals surface area contributed by atoms with Crippen molar-refractivity contribution in [1.82, 2.24) is 4.57 Å². The van der Waals surface area contributed by atoms with Gasteiger partial charge in [-0.1, -0.05) is 89.8 Å². The zero-order chi connectivity index (χ0) is 19.2. The molecule has 2 aromatic rings. The maximum Gasteiger partial charge on any atom is 0.261 e. The Morgan fingerprint density at radius 3 is 1.96 bits per heavy atom. The Morgan fingerprint density at radius 1 is 0.704 bits per heavy atom. The molecule has 0 saturated heterocycles. The number of imidazole rings is 1. The number of para-hydroxylation sites is 1. The minimum Gasteiger partial charge on any atom is -0.234 e. The van der Waals surface area contributed by atoms with Gasteiger partial charge >= 0.3 is 0 Å². The molecule has 27 heavy (non-hydrogen) atoms. The van der Waals surface area contributed by atoms with Crippen molar-refractivity contribution in [3.63, 3.8) is 0 Å². The van der Waals surface area contributed by atoms with E-state index in [4.69, 9.17) is 0 Å². The van der Waals surface area contributed by atoms with Crippen LogP contribution >= 0.6 is 0 Å². The van der Waals surface area contributed by atoms with E-state index in [1.165, 1.54) is 95.0 Å². The van der Waals surface area contributed by atoms with E-state index in [2.05, 4.69) is 65.7 Å². The Morgan fingerprint density at radius 2 is 1.30 bits per heavy atom. The van der Waals surface area contributed by atoms with E-state index in [0.29, 0.717) is 0 Å². The first kappa shape index (κ1) is 21.7. The van der Waals surface area contributed by atoms with Crippen LogP contribution in [0.1, 0.15) is 96.7 Å². The van der Waals surface area contributed by atoms with E-state index < -0.39 is 0 Å². The van der Waals surface area contributed by atoms with Gasteiger partial charge in [-0.25, -0.2) is 4.57 Å². The first-order chi connectivity index (χ1) is 13.4. The number of unbranched alkanes of at least 4 members (excludes halogenated alkanes) is 10. The highest BCUT2D eigenvalue weighted by molar-refractivity contribution is 5.31. The topological polar surface area (TPSA) is 8.81 Å². The van der Waals surface area contributed by atoms with Crippen LogP contribution in [0, 0.1) is 0 Å². The molecule has 0 saturated carbocycles. The molecule has 0 aliphatic heterocycles. The van der Waals surface area contributed by atoms with Crippen LogP contribution in [-0.2, 0) is 13.0 Å². The molecular weight excluding hydrogens is 328 g/mol. The minimum atomic E-state index is 1.16. The second kappa shape index (κ2) is 13.6. The molecule has 0 radical (unpaired) electrons. The standard InChI is InChI=1S/C25H41N2/c1-3-5-7-9-10-11-16-20-25-26(21-17-12-8-6-4-2)22-23-27(25)24-18-14-13-15-19-24/h13-15,18-19,22-23H,3-12,16-17,20-21H2,1-2H3/q+1. The van der Waals surface area contributed by atoms with Gasteiger partial charge in [-0.2, -0.15) is 4.57 Å². The van der Waals surface area contributed by atoms with Gasteiger partial charge < -0.3 is 0 Å². The molecular formula is C25H41N2+. The van der Waals surface area contributed by atoms with Gasteiger partial charge in [0.15, 0.2) is 0 Å². The summed E-state index contributed by atoms with van der Waals surface area (Å²) in [5.41, 5.74) is 1.29. The Kier molecular flexibility index (Phi) is 10.9. The molecule has 0 bridgehead atoms. The van der Waals surface area contributed by atoms with Crippen molar-refractivity contribution in [3.05, 3.63) is 48.5 Å². The summed E-state index contributed by atoms with van der Waals surface area (Å²) in [6.07, 6.45) is 22.1. The van der Waals surface area contributed by atoms with Crippen molar-refractivity contribution in [3.8, 4) is 5.69 Å². The molecule has 0 N–H and O–H groups in total. The van der Waals surface area contributed by atoms with Gasteiger partial charge in [-0.3, -0.25) is 0 Å². The molecule has 0 amide bonds. The summed E-state index contributed by atoms with van der Waals surface area (Å²) >= 11 is 0. The summed E-state index contributed by atoms with van der Waals surface area (Å²) in [4.78, 5) is 0. The van der Waals surface area contributed by atoms with Gasteiger partial charge in [0.25, 0.3) is 5.82 Å². The van der Waals surface area contributed by atoms with Crippen molar-refractivity contribution in [2.75, 3.05) is 0 Å². The lowest BCUT2D eigenvalue weighted by Gasteiger charge is -2.06. The third-order valence-electron chi connectivity index (χ3n) is 5.55. The number of rotatable bonds is 15. The maximum atomic E-state index is 2.51. The maximum absolute atomic E-state index is 2.51. The summed E-state index contributed by atoms with van der Waals surface area (Å²) in [7, 11) is 0. The number of hydrogen-bond donors (Lipinski definition) is 0. The summed E-state index contributed by atoms with van der Waals surface area (Å²) in [6, 6.07) is 10.8. The summed E-state index contributed by atoms with van der Waals surface area (Å²) in [5.74, 6) is 1.48. The van der Waals surface area contributed by atoms with E-state index in [0.717, 1.165) is 6.54 Å². The normalized spacial score (nSPS) is 11.2. The van der Waals surface area contributed by atoms with Gasteiger partial charge in [-0.15, -0.1) is 0 Å². The molecule has 0 fully saturated rings. The minimum absolute atomic E-state index is 1.16. The van der Waals surface area contributed by atoms with Gasteiger partial charge in [-0.05, 0) is 31.4 Å². The van der Waals surface area contributed by atoms with Crippen LogP contribution in [0.3, 0.4) is 0 Å². The second-order valence-electron chi connectivity index (χ2n) is 7.90. The molecule has 1 aromatic carbocycles. The van der Waals surface area contributed by atoms with Crippen molar-refractivity contribution in [2.24, 2.45) is 0 Å². The van der Waals surface area contributed by atoms with Crippen LogP contribution in [0.25, 0.3) is 5.69 Å². The van der Waals surface area contributed by atoms with Crippen molar-refractivity contribution < 1.29 is 4.57 Å². The highest BCUT2D eigenvalue weighted by Gasteiger charge is 2.18. The lowest BCUT2D eigenvalue weighted by Crippen LogP contribution is -2.37. The SMILES string of the molecule is CCCCCCCCCc1n(-c2ccccc2)cc[n+]1CCCCCCC. The van der Waals surface area contributed by atoms with E-state index in [1.54, 1.807) is 0 Å². The molecule has 2 nitrogen and oxygen atoms in total. The molecule has 0 spiro atoms. The van der Waals surface area contributed by atoms with Crippen LogP contribution in [0.15, 0.2) is 42.7 Å². The lowest BCUT2D eigenvalue weighted by atomic mass is 10.1. The van der Waals surface area contributed by atoms with E-state index >= 15 is 0 Å². The Labute approximate surface area is 167 Å². The van der Waals surface area contributed by atoms with Crippen molar-refractivity contribution in [2.45, 2.75) is 104 Å². The predicted octanol–water partition coefficient (Wildman–Crippen LogP) is 7.03. The molecule has 1 heterocycles. The second-order valence-corrected chi connectivity index (χ2v) is 7.90. The fraction of sp³-hybridized carbons (Fsp3) is 0.640. The summed E-state index contributed by atoms with van der Waals surface area (Å²) in [6.45, 7) is 5.74. The fourth-order valence-electron chi connectivity index (χ4n) is 3.87. The first-order valence-electron chi connectivity index (χ1n) is 11.5. The number of nitrogens with zero attached hydrogens (tertiary/aromatic N) is 2. The molecule has 0 aliphatic carbocycles. The van der Waals surface area contributed by atoms with Crippen LogP contribution in [0.2, 0.25) is 0 Å². The zero-order valence-corrected chi connectivity index (χ0v) is 17.8. The molecule has 2 heteroatoms. The Bertz CT molecular complexity index is 600. The van der Waals surface area contributed by atoms with Crippen LogP contribution in [0.4, 0.5) is 0 Å². The highest BCUT2D eigenvalue weighted by Crippen LogP contribution is 2.14. The van der Waals surface area contributed by atoms with E-state index in [9.17, 15) is 0 Å². The quantitative estimate of drug-likeness (QED) is 0.235. The molecule has 0 atom stereocenters. The third kappa shape index (κ3) is 7.91. The smallest absolute Gasteiger partial charge is 0.234 e. The largest absolute Gasteiger partial charge is 0.261 e. The van der Waals surface area contributed by atoms with E-state index in [1.807, 2.05) is 0 Å². The van der Waals surface area contributed by atoms with Crippen LogP contribution < -0.4 is 4.57 Å². The van der Waals surface area contributed by atoms with Gasteiger partial charge in [0.2, 0.25) is 0 Å². The fourth-order valence-corrected chi connectivity index (χ4v) is 3.87. The molecule has 0 aliphatic rings. The van der Waals surface area contributed by atoms with Gasteiger partial charge in [0.1, 0.15) is 18.1 Å². The van der Waals surface area contributed by atoms with Gasteiger partial charge in [0.05, 0.1) is 6.54 Å². The first-order valence-corrected chi connectivity index (χ1v) is 11.5. The zero-order valence-electron chi connectivity index (χ0n) is 17.8. The molecule has 150 valence electrons. The average Bonchev–Trinajstić information content (AvgIpc) is 3.10. The summed E-state index contributed by atoms with van der Waals surface area (Å²) < 4.78 is 4.92. The van der Waals surface area contributed by atoms with E-state index in [-0.39, 0.29) is 0 Å². The molecule has 2 rings (SSSR count). The van der Waals surface area contributed by atoms with Crippen molar-refractivity contribution >= 4 is 0 Å². The number of hydrogen-bond acceptors (Lipinski definition) is 0. The molecule has 1 aromatic heterocycles. The highest BCUT2D eigenvalue weighted by atomic mass is 15.1. The summed E-state index contributed by atoms with van der Waals surface area (Å²) in [5, 5.41) is 0. The number of aromatic nitrogens is 2. The van der Waals surface area contributed by atoms with Crippen molar-refractivity contribution in [1.29, 1.82) is 0 Å².